The number of hydrogen-bond acceptors (Lipinski definition) is 4. The van der Waals surface area contributed by atoms with Crippen LogP contribution in [0.15, 0.2) is 0 Å². The standard InChI is InChI=1S/C7H13NO3.ClH/c1-10-7(9)6-5(4-8)2-3-11-6;/h5-6H,2-4,8H2,1H3;1H. The lowest BCUT2D eigenvalue weighted by Crippen LogP contribution is -2.32. The summed E-state index contributed by atoms with van der Waals surface area (Å²) in [5.41, 5.74) is 5.43. The highest BCUT2D eigenvalue weighted by Crippen LogP contribution is 2.20. The van der Waals surface area contributed by atoms with Crippen LogP contribution in [0.3, 0.4) is 0 Å². The van der Waals surface area contributed by atoms with Crippen molar-refractivity contribution in [1.82, 2.24) is 0 Å². The summed E-state index contributed by atoms with van der Waals surface area (Å²) >= 11 is 0. The second-order valence-electron chi connectivity index (χ2n) is 2.60. The summed E-state index contributed by atoms with van der Waals surface area (Å²) in [6.45, 7) is 1.10. The Kier molecular flexibility index (Phi) is 5.20. The third-order valence-corrected chi connectivity index (χ3v) is 1.95. The lowest BCUT2D eigenvalue weighted by atomic mass is 10.0. The molecule has 1 heterocycles. The van der Waals surface area contributed by atoms with Crippen LogP contribution in [0.2, 0.25) is 0 Å². The van der Waals surface area contributed by atoms with E-state index in [-0.39, 0.29) is 24.3 Å². The Morgan fingerprint density at radius 2 is 2.42 bits per heavy atom. The molecule has 12 heavy (non-hydrogen) atoms. The molecule has 1 aliphatic heterocycles. The van der Waals surface area contributed by atoms with Gasteiger partial charge in [-0.3, -0.25) is 0 Å². The average Bonchev–Trinajstić information content (AvgIpc) is 2.50. The monoisotopic (exact) mass is 195 g/mol. The molecular formula is C7H14ClNO3. The van der Waals surface area contributed by atoms with Crippen LogP contribution in [-0.4, -0.2) is 32.3 Å². The Balaban J connectivity index is 0.00000121. The quantitative estimate of drug-likeness (QED) is 0.628. The van der Waals surface area contributed by atoms with Gasteiger partial charge in [0.15, 0.2) is 6.10 Å². The molecule has 0 amide bonds. The molecule has 1 fully saturated rings. The van der Waals surface area contributed by atoms with Gasteiger partial charge in [0.2, 0.25) is 0 Å². The highest BCUT2D eigenvalue weighted by atomic mass is 35.5. The summed E-state index contributed by atoms with van der Waals surface area (Å²) in [6, 6.07) is 0. The fourth-order valence-electron chi connectivity index (χ4n) is 1.25. The van der Waals surface area contributed by atoms with Crippen molar-refractivity contribution in [1.29, 1.82) is 0 Å². The lowest BCUT2D eigenvalue weighted by Gasteiger charge is -2.13. The fraction of sp³-hybridized carbons (Fsp3) is 0.857. The molecule has 2 unspecified atom stereocenters. The lowest BCUT2D eigenvalue weighted by molar-refractivity contribution is -0.152. The number of ether oxygens (including phenoxy) is 2. The van der Waals surface area contributed by atoms with Crippen LogP contribution in [0.5, 0.6) is 0 Å². The van der Waals surface area contributed by atoms with Gasteiger partial charge in [-0.05, 0) is 13.0 Å². The molecule has 0 saturated carbocycles. The highest BCUT2D eigenvalue weighted by Gasteiger charge is 2.33. The summed E-state index contributed by atoms with van der Waals surface area (Å²) in [5, 5.41) is 0. The van der Waals surface area contributed by atoms with E-state index >= 15 is 0 Å². The molecule has 1 aliphatic rings. The van der Waals surface area contributed by atoms with E-state index in [1.807, 2.05) is 0 Å². The molecule has 0 radical (unpaired) electrons. The molecule has 2 atom stereocenters. The summed E-state index contributed by atoms with van der Waals surface area (Å²) in [7, 11) is 1.36. The maximum Gasteiger partial charge on any atom is 0.335 e. The minimum atomic E-state index is -0.426. The number of esters is 1. The maximum absolute atomic E-state index is 11.0. The van der Waals surface area contributed by atoms with E-state index in [9.17, 15) is 4.79 Å². The minimum absolute atomic E-state index is 0. The van der Waals surface area contributed by atoms with Crippen molar-refractivity contribution in [3.05, 3.63) is 0 Å². The van der Waals surface area contributed by atoms with E-state index < -0.39 is 6.10 Å². The van der Waals surface area contributed by atoms with Crippen LogP contribution in [-0.2, 0) is 14.3 Å². The Morgan fingerprint density at radius 1 is 1.75 bits per heavy atom. The summed E-state index contributed by atoms with van der Waals surface area (Å²) in [5.74, 6) is -0.166. The number of halogens is 1. The predicted molar refractivity (Wildman–Crippen MR) is 46.2 cm³/mol. The van der Waals surface area contributed by atoms with Gasteiger partial charge in [-0.1, -0.05) is 0 Å². The number of hydrogen-bond donors (Lipinski definition) is 1. The van der Waals surface area contributed by atoms with Crippen molar-refractivity contribution in [3.63, 3.8) is 0 Å². The minimum Gasteiger partial charge on any atom is -0.467 e. The number of carbonyl (C=O) groups is 1. The van der Waals surface area contributed by atoms with E-state index in [1.165, 1.54) is 7.11 Å². The van der Waals surface area contributed by atoms with Crippen molar-refractivity contribution in [3.8, 4) is 0 Å². The van der Waals surface area contributed by atoms with Gasteiger partial charge in [-0.15, -0.1) is 12.4 Å². The van der Waals surface area contributed by atoms with Crippen molar-refractivity contribution >= 4 is 18.4 Å². The second kappa shape index (κ2) is 5.35. The molecule has 2 N–H and O–H groups in total. The Labute approximate surface area is 77.8 Å². The zero-order chi connectivity index (χ0) is 8.27. The van der Waals surface area contributed by atoms with Crippen LogP contribution >= 0.6 is 12.4 Å². The van der Waals surface area contributed by atoms with Crippen molar-refractivity contribution in [2.75, 3.05) is 20.3 Å². The van der Waals surface area contributed by atoms with E-state index in [4.69, 9.17) is 10.5 Å². The number of nitrogens with two attached hydrogens (primary N) is 1. The predicted octanol–water partition coefficient (Wildman–Crippen LogP) is -0.0550. The molecule has 0 aromatic rings. The zero-order valence-corrected chi connectivity index (χ0v) is 7.80. The molecule has 0 aromatic carbocycles. The van der Waals surface area contributed by atoms with Crippen molar-refractivity contribution in [2.45, 2.75) is 12.5 Å². The molecule has 1 rings (SSSR count). The molecule has 5 heteroatoms. The Hall–Kier alpha value is -0.320. The van der Waals surface area contributed by atoms with Gasteiger partial charge in [0.1, 0.15) is 0 Å². The van der Waals surface area contributed by atoms with Crippen molar-refractivity contribution in [2.24, 2.45) is 11.7 Å². The Morgan fingerprint density at radius 3 is 2.92 bits per heavy atom. The first kappa shape index (κ1) is 11.7. The third kappa shape index (κ3) is 2.33. The van der Waals surface area contributed by atoms with Gasteiger partial charge >= 0.3 is 5.97 Å². The average molecular weight is 196 g/mol. The van der Waals surface area contributed by atoms with Crippen LogP contribution in [0.25, 0.3) is 0 Å². The van der Waals surface area contributed by atoms with Gasteiger partial charge in [0.05, 0.1) is 7.11 Å². The molecule has 1 saturated heterocycles. The molecule has 0 aromatic heterocycles. The first-order valence-corrected chi connectivity index (χ1v) is 3.69. The normalized spacial score (nSPS) is 27.8. The number of rotatable bonds is 2. The highest BCUT2D eigenvalue weighted by molar-refractivity contribution is 5.85. The van der Waals surface area contributed by atoms with Crippen LogP contribution in [0.4, 0.5) is 0 Å². The first-order chi connectivity index (χ1) is 5.29. The van der Waals surface area contributed by atoms with Gasteiger partial charge in [-0.2, -0.15) is 0 Å². The largest absolute Gasteiger partial charge is 0.467 e. The molecular weight excluding hydrogens is 182 g/mol. The molecule has 4 nitrogen and oxygen atoms in total. The Bertz CT molecular complexity index is 154. The van der Waals surface area contributed by atoms with Crippen LogP contribution in [0, 0.1) is 5.92 Å². The summed E-state index contributed by atoms with van der Waals surface area (Å²) in [6.07, 6.45) is 0.431. The van der Waals surface area contributed by atoms with E-state index in [0.717, 1.165) is 6.42 Å². The maximum atomic E-state index is 11.0. The van der Waals surface area contributed by atoms with Gasteiger partial charge in [0.25, 0.3) is 0 Å². The van der Waals surface area contributed by atoms with Gasteiger partial charge < -0.3 is 15.2 Å². The third-order valence-electron chi connectivity index (χ3n) is 1.95. The second-order valence-corrected chi connectivity index (χ2v) is 2.60. The van der Waals surface area contributed by atoms with Gasteiger partial charge in [-0.25, -0.2) is 4.79 Å². The van der Waals surface area contributed by atoms with Gasteiger partial charge in [0, 0.05) is 12.5 Å². The smallest absolute Gasteiger partial charge is 0.335 e. The molecule has 0 aliphatic carbocycles. The summed E-state index contributed by atoms with van der Waals surface area (Å²) in [4.78, 5) is 11.0. The molecule has 0 spiro atoms. The van der Waals surface area contributed by atoms with E-state index in [1.54, 1.807) is 0 Å². The molecule has 0 bridgehead atoms. The van der Waals surface area contributed by atoms with E-state index in [2.05, 4.69) is 4.74 Å². The fourth-order valence-corrected chi connectivity index (χ4v) is 1.25. The number of methoxy groups -OCH3 is 1. The zero-order valence-electron chi connectivity index (χ0n) is 6.99. The van der Waals surface area contributed by atoms with Crippen molar-refractivity contribution < 1.29 is 14.3 Å². The molecule has 72 valence electrons. The van der Waals surface area contributed by atoms with Crippen LogP contribution in [0.1, 0.15) is 6.42 Å². The van der Waals surface area contributed by atoms with Crippen LogP contribution < -0.4 is 5.73 Å². The SMILES string of the molecule is COC(=O)C1OCCC1CN.Cl. The number of carbonyl (C=O) groups excluding carboxylic acids is 1. The summed E-state index contributed by atoms with van der Waals surface area (Å²) < 4.78 is 9.70. The first-order valence-electron chi connectivity index (χ1n) is 3.69. The van der Waals surface area contributed by atoms with E-state index in [0.29, 0.717) is 13.2 Å². The topological polar surface area (TPSA) is 61.5 Å².